The van der Waals surface area contributed by atoms with Crippen molar-refractivity contribution in [3.05, 3.63) is 50.8 Å². The maximum Gasteiger partial charge on any atom is 0.339 e. The van der Waals surface area contributed by atoms with E-state index >= 15 is 0 Å². The summed E-state index contributed by atoms with van der Waals surface area (Å²) >= 11 is 14.0. The van der Waals surface area contributed by atoms with Gasteiger partial charge in [-0.15, -0.1) is 10.2 Å². The molecule has 0 aliphatic carbocycles. The fourth-order valence-electron chi connectivity index (χ4n) is 3.34. The second-order valence-corrected chi connectivity index (χ2v) is 8.76. The molecule has 0 spiro atoms. The zero-order valence-electron chi connectivity index (χ0n) is 16.1. The quantitative estimate of drug-likeness (QED) is 0.584. The van der Waals surface area contributed by atoms with E-state index < -0.39 is 0 Å². The number of benzene rings is 1. The van der Waals surface area contributed by atoms with E-state index in [1.54, 1.807) is 22.9 Å². The molecule has 0 amide bonds. The highest BCUT2D eigenvalue weighted by Gasteiger charge is 2.30. The molecule has 1 atom stereocenters. The van der Waals surface area contributed by atoms with E-state index in [0.29, 0.717) is 32.2 Å². The minimum absolute atomic E-state index is 0.00312. The summed E-state index contributed by atoms with van der Waals surface area (Å²) in [5.74, 6) is 0.120. The minimum Gasteiger partial charge on any atom is -0.465 e. The number of fused-ring (bicyclic) bond motifs is 1. The molecule has 4 rings (SSSR count). The van der Waals surface area contributed by atoms with Crippen molar-refractivity contribution in [2.75, 3.05) is 7.11 Å². The average Bonchev–Trinajstić information content (AvgIpc) is 3.22. The first-order valence-electron chi connectivity index (χ1n) is 8.76. The van der Waals surface area contributed by atoms with Crippen LogP contribution < -0.4 is 0 Å². The van der Waals surface area contributed by atoms with Crippen LogP contribution in [0.3, 0.4) is 0 Å². The topological polar surface area (TPSA) is 85.2 Å². The molecule has 0 fully saturated rings. The van der Waals surface area contributed by atoms with Crippen LogP contribution in [-0.2, 0) is 4.74 Å². The van der Waals surface area contributed by atoms with E-state index in [4.69, 9.17) is 33.0 Å². The lowest BCUT2D eigenvalue weighted by molar-refractivity contribution is 0.0599. The average molecular weight is 450 g/mol. The van der Waals surface area contributed by atoms with Crippen molar-refractivity contribution >= 4 is 46.6 Å². The molecular weight excluding hydrogens is 433 g/mol. The summed E-state index contributed by atoms with van der Waals surface area (Å²) < 4.78 is 6.57. The number of nitrogens with one attached hydrogen (secondary N) is 1. The Kier molecular flexibility index (Phi) is 5.18. The number of nitrogens with zero attached hydrogens (tertiary/aromatic N) is 4. The molecule has 0 saturated heterocycles. The van der Waals surface area contributed by atoms with Gasteiger partial charge in [-0.3, -0.25) is 0 Å². The molecule has 1 aliphatic heterocycles. The summed E-state index contributed by atoms with van der Waals surface area (Å²) in [7, 11) is 1.37. The smallest absolute Gasteiger partial charge is 0.339 e. The molecule has 1 aliphatic rings. The third-order valence-corrected chi connectivity index (χ3v) is 6.35. The molecule has 2 aromatic heterocycles. The maximum atomic E-state index is 12.2. The third kappa shape index (κ3) is 3.35. The first-order chi connectivity index (χ1) is 13.8. The standard InChI is InChI=1S/C19H17Cl2N5O2S/c1-8-14(18(27)28-4)9(2)22-15(8)16-10(3)29-19-24-23-17(26(19)25-16)12-7-11(20)5-6-13(12)21/h5-7,10,22H,1-4H3. The summed E-state index contributed by atoms with van der Waals surface area (Å²) in [6.07, 6.45) is 0. The second kappa shape index (κ2) is 7.51. The molecule has 29 heavy (non-hydrogen) atoms. The molecule has 1 N–H and O–H groups in total. The SMILES string of the molecule is COC(=O)c1c(C)[nH]c(C2=Nn3c(nnc3-c3cc(Cl)ccc3Cl)SC2C)c1C. The minimum atomic E-state index is -0.379. The molecular formula is C19H17Cl2N5O2S. The second-order valence-electron chi connectivity index (χ2n) is 6.60. The van der Waals surface area contributed by atoms with Crippen molar-refractivity contribution in [2.24, 2.45) is 5.10 Å². The number of carbonyl (C=O) groups excluding carboxylic acids is 1. The van der Waals surface area contributed by atoms with Crippen molar-refractivity contribution in [3.8, 4) is 11.4 Å². The lowest BCUT2D eigenvalue weighted by atomic mass is 10.1. The van der Waals surface area contributed by atoms with Crippen molar-refractivity contribution in [1.29, 1.82) is 0 Å². The maximum absolute atomic E-state index is 12.2. The van der Waals surface area contributed by atoms with Gasteiger partial charge in [0.2, 0.25) is 5.16 Å². The molecule has 3 heterocycles. The third-order valence-electron chi connectivity index (χ3n) is 4.74. The molecule has 1 unspecified atom stereocenters. The van der Waals surface area contributed by atoms with Gasteiger partial charge in [0.15, 0.2) is 5.82 Å². The molecule has 150 valence electrons. The zero-order valence-corrected chi connectivity index (χ0v) is 18.4. The van der Waals surface area contributed by atoms with Crippen molar-refractivity contribution in [3.63, 3.8) is 0 Å². The number of thioether (sulfide) groups is 1. The summed E-state index contributed by atoms with van der Waals surface area (Å²) in [5, 5.41) is 15.0. The Labute approximate surface area is 181 Å². The molecule has 10 heteroatoms. The van der Waals surface area contributed by atoms with Crippen molar-refractivity contribution < 1.29 is 9.53 Å². The van der Waals surface area contributed by atoms with Crippen LogP contribution in [-0.4, -0.2) is 43.9 Å². The van der Waals surface area contributed by atoms with Crippen LogP contribution in [0.1, 0.15) is 34.2 Å². The Balaban J connectivity index is 1.87. The Morgan fingerprint density at radius 3 is 2.76 bits per heavy atom. The van der Waals surface area contributed by atoms with E-state index in [1.165, 1.54) is 18.9 Å². The van der Waals surface area contributed by atoms with Gasteiger partial charge in [0.1, 0.15) is 0 Å². The predicted octanol–water partition coefficient (Wildman–Crippen LogP) is 4.73. The summed E-state index contributed by atoms with van der Waals surface area (Å²) in [5.41, 5.74) is 4.25. The summed E-state index contributed by atoms with van der Waals surface area (Å²) in [6, 6.07) is 5.16. The van der Waals surface area contributed by atoms with Gasteiger partial charge in [0.25, 0.3) is 0 Å². The van der Waals surface area contributed by atoms with Gasteiger partial charge in [-0.2, -0.15) is 9.78 Å². The first-order valence-corrected chi connectivity index (χ1v) is 10.4. The van der Waals surface area contributed by atoms with Crippen LogP contribution >= 0.6 is 35.0 Å². The summed E-state index contributed by atoms with van der Waals surface area (Å²) in [6.45, 7) is 5.74. The van der Waals surface area contributed by atoms with E-state index in [1.807, 2.05) is 20.8 Å². The number of aryl methyl sites for hydroxylation is 1. The van der Waals surface area contributed by atoms with E-state index in [9.17, 15) is 4.79 Å². The van der Waals surface area contributed by atoms with E-state index in [0.717, 1.165) is 22.7 Å². The number of rotatable bonds is 3. The number of halogens is 2. The predicted molar refractivity (Wildman–Crippen MR) is 114 cm³/mol. The monoisotopic (exact) mass is 449 g/mol. The van der Waals surface area contributed by atoms with Crippen molar-refractivity contribution in [1.82, 2.24) is 19.9 Å². The number of H-pyrrole nitrogens is 1. The van der Waals surface area contributed by atoms with Crippen molar-refractivity contribution in [2.45, 2.75) is 31.2 Å². The molecule has 3 aromatic rings. The number of carbonyl (C=O) groups is 1. The first kappa shape index (κ1) is 20.0. The molecule has 0 radical (unpaired) electrons. The fourth-order valence-corrected chi connectivity index (χ4v) is 4.62. The largest absolute Gasteiger partial charge is 0.465 e. The molecule has 0 bridgehead atoms. The Hall–Kier alpha value is -2.29. The van der Waals surface area contributed by atoms with Crippen LogP contribution in [0, 0.1) is 13.8 Å². The van der Waals surface area contributed by atoms with Gasteiger partial charge < -0.3 is 9.72 Å². The van der Waals surface area contributed by atoms with Gasteiger partial charge in [0.05, 0.1) is 34.4 Å². The lowest BCUT2D eigenvalue weighted by Crippen LogP contribution is -2.23. The van der Waals surface area contributed by atoms with Gasteiger partial charge in [0, 0.05) is 16.3 Å². The lowest BCUT2D eigenvalue weighted by Gasteiger charge is -2.20. The Morgan fingerprint density at radius 1 is 1.28 bits per heavy atom. The summed E-state index contributed by atoms with van der Waals surface area (Å²) in [4.78, 5) is 15.4. The number of hydrogen-bond acceptors (Lipinski definition) is 6. The number of methoxy groups -OCH3 is 1. The van der Waals surface area contributed by atoms with Crippen LogP contribution in [0.25, 0.3) is 11.4 Å². The molecule has 0 saturated carbocycles. The number of aromatic nitrogens is 4. The van der Waals surface area contributed by atoms with Crippen LogP contribution in [0.2, 0.25) is 10.0 Å². The van der Waals surface area contributed by atoms with Crippen LogP contribution in [0.4, 0.5) is 0 Å². The number of aromatic amines is 1. The highest BCUT2D eigenvalue weighted by molar-refractivity contribution is 8.00. The zero-order chi connectivity index (χ0) is 20.9. The Morgan fingerprint density at radius 2 is 2.03 bits per heavy atom. The Bertz CT molecular complexity index is 1170. The van der Waals surface area contributed by atoms with Gasteiger partial charge in [-0.25, -0.2) is 4.79 Å². The highest BCUT2D eigenvalue weighted by Crippen LogP contribution is 2.36. The number of esters is 1. The normalized spacial score (nSPS) is 15.8. The van der Waals surface area contributed by atoms with Gasteiger partial charge >= 0.3 is 5.97 Å². The van der Waals surface area contributed by atoms with Crippen LogP contribution in [0.5, 0.6) is 0 Å². The van der Waals surface area contributed by atoms with Gasteiger partial charge in [-0.05, 0) is 44.5 Å². The van der Waals surface area contributed by atoms with E-state index in [2.05, 4.69) is 15.2 Å². The van der Waals surface area contributed by atoms with Crippen LogP contribution in [0.15, 0.2) is 28.5 Å². The van der Waals surface area contributed by atoms with Gasteiger partial charge in [-0.1, -0.05) is 35.0 Å². The van der Waals surface area contributed by atoms with E-state index in [-0.39, 0.29) is 11.2 Å². The highest BCUT2D eigenvalue weighted by atomic mass is 35.5. The molecule has 1 aromatic carbocycles. The fraction of sp³-hybridized carbons (Fsp3) is 0.263. The molecule has 7 nitrogen and oxygen atoms in total. The number of ether oxygens (including phenoxy) is 1. The number of hydrogen-bond donors (Lipinski definition) is 1.